The van der Waals surface area contributed by atoms with E-state index in [-0.39, 0.29) is 0 Å². The minimum atomic E-state index is 0.949. The number of rotatable bonds is 1. The molecule has 80 valence electrons. The molecule has 3 heteroatoms. The van der Waals surface area contributed by atoms with Crippen molar-refractivity contribution in [1.82, 2.24) is 15.2 Å². The van der Waals surface area contributed by atoms with Crippen molar-refractivity contribution in [3.05, 3.63) is 67.0 Å². The van der Waals surface area contributed by atoms with Gasteiger partial charge >= 0.3 is 0 Å². The molecule has 3 nitrogen and oxygen atoms in total. The van der Waals surface area contributed by atoms with Crippen molar-refractivity contribution in [3.63, 3.8) is 0 Å². The molecule has 0 atom stereocenters. The second-order valence-electron chi connectivity index (χ2n) is 3.20. The van der Waals surface area contributed by atoms with Gasteiger partial charge in [0.1, 0.15) is 5.69 Å². The van der Waals surface area contributed by atoms with Crippen molar-refractivity contribution in [2.45, 2.75) is 0 Å². The first-order valence-electron chi connectivity index (χ1n) is 5.10. The molecular formula is C13H13N3. The predicted molar refractivity (Wildman–Crippen MR) is 64.8 cm³/mol. The summed E-state index contributed by atoms with van der Waals surface area (Å²) in [7, 11) is 0. The SMILES string of the molecule is c1c[nH]c(-c2cc[nH]n2)c1.c1ccccc1. The van der Waals surface area contributed by atoms with Crippen LogP contribution in [0.2, 0.25) is 0 Å². The molecule has 0 aliphatic heterocycles. The Kier molecular flexibility index (Phi) is 3.55. The number of H-pyrrole nitrogens is 2. The molecule has 0 saturated carbocycles. The van der Waals surface area contributed by atoms with E-state index in [1.54, 1.807) is 6.20 Å². The largest absolute Gasteiger partial charge is 0.360 e. The fourth-order valence-electron chi connectivity index (χ4n) is 1.28. The Labute approximate surface area is 94.2 Å². The van der Waals surface area contributed by atoms with E-state index in [2.05, 4.69) is 15.2 Å². The molecule has 3 rings (SSSR count). The van der Waals surface area contributed by atoms with E-state index in [0.29, 0.717) is 0 Å². The van der Waals surface area contributed by atoms with Crippen molar-refractivity contribution >= 4 is 0 Å². The highest BCUT2D eigenvalue weighted by Gasteiger charge is 1.96. The molecule has 2 aromatic heterocycles. The maximum atomic E-state index is 4.00. The van der Waals surface area contributed by atoms with Gasteiger partial charge in [0, 0.05) is 12.4 Å². The van der Waals surface area contributed by atoms with Crippen LogP contribution in [0.1, 0.15) is 0 Å². The molecule has 0 saturated heterocycles. The Hall–Kier alpha value is -2.29. The number of nitrogens with one attached hydrogen (secondary N) is 2. The zero-order chi connectivity index (χ0) is 11.1. The molecule has 0 fully saturated rings. The number of nitrogens with zero attached hydrogens (tertiary/aromatic N) is 1. The minimum absolute atomic E-state index is 0.949. The van der Waals surface area contributed by atoms with E-state index in [1.807, 2.05) is 60.8 Å². The van der Waals surface area contributed by atoms with E-state index >= 15 is 0 Å². The van der Waals surface area contributed by atoms with Crippen LogP contribution >= 0.6 is 0 Å². The Balaban J connectivity index is 0.000000138. The lowest BCUT2D eigenvalue weighted by Gasteiger charge is -1.85. The van der Waals surface area contributed by atoms with Gasteiger partial charge in [-0.1, -0.05) is 36.4 Å². The van der Waals surface area contributed by atoms with Crippen molar-refractivity contribution < 1.29 is 0 Å². The summed E-state index contributed by atoms with van der Waals surface area (Å²) in [5.74, 6) is 0. The van der Waals surface area contributed by atoms with Crippen LogP contribution in [0.5, 0.6) is 0 Å². The van der Waals surface area contributed by atoms with Gasteiger partial charge in [-0.15, -0.1) is 0 Å². The summed E-state index contributed by atoms with van der Waals surface area (Å²) >= 11 is 0. The molecule has 0 radical (unpaired) electrons. The molecule has 0 aliphatic carbocycles. The van der Waals surface area contributed by atoms with Gasteiger partial charge in [0.15, 0.2) is 0 Å². The van der Waals surface area contributed by atoms with Gasteiger partial charge in [0.25, 0.3) is 0 Å². The highest BCUT2D eigenvalue weighted by Crippen LogP contribution is 2.11. The number of aromatic nitrogens is 3. The summed E-state index contributed by atoms with van der Waals surface area (Å²) < 4.78 is 0. The zero-order valence-electron chi connectivity index (χ0n) is 8.80. The summed E-state index contributed by atoms with van der Waals surface area (Å²) in [4.78, 5) is 3.06. The second-order valence-corrected chi connectivity index (χ2v) is 3.20. The fourth-order valence-corrected chi connectivity index (χ4v) is 1.28. The molecule has 2 heterocycles. The summed E-state index contributed by atoms with van der Waals surface area (Å²) in [6.45, 7) is 0. The molecule has 2 N–H and O–H groups in total. The summed E-state index contributed by atoms with van der Waals surface area (Å²) in [5, 5.41) is 6.75. The lowest BCUT2D eigenvalue weighted by atomic mass is 10.3. The van der Waals surface area contributed by atoms with E-state index in [0.717, 1.165) is 11.4 Å². The summed E-state index contributed by atoms with van der Waals surface area (Å²) in [6, 6.07) is 17.9. The molecule has 0 bridgehead atoms. The van der Waals surface area contributed by atoms with Crippen LogP contribution in [0.3, 0.4) is 0 Å². The van der Waals surface area contributed by atoms with Crippen LogP contribution in [-0.2, 0) is 0 Å². The molecule has 0 amide bonds. The van der Waals surface area contributed by atoms with E-state index < -0.39 is 0 Å². The van der Waals surface area contributed by atoms with E-state index in [4.69, 9.17) is 0 Å². The quantitative estimate of drug-likeness (QED) is 0.638. The number of hydrogen-bond donors (Lipinski definition) is 2. The zero-order valence-corrected chi connectivity index (χ0v) is 8.80. The van der Waals surface area contributed by atoms with Gasteiger partial charge in [-0.3, -0.25) is 5.10 Å². The van der Waals surface area contributed by atoms with E-state index in [9.17, 15) is 0 Å². The maximum Gasteiger partial charge on any atom is 0.108 e. The lowest BCUT2D eigenvalue weighted by molar-refractivity contribution is 1.09. The van der Waals surface area contributed by atoms with Gasteiger partial charge < -0.3 is 4.98 Å². The lowest BCUT2D eigenvalue weighted by Crippen LogP contribution is -1.74. The molecule has 16 heavy (non-hydrogen) atoms. The molecular weight excluding hydrogens is 198 g/mol. The van der Waals surface area contributed by atoms with Crippen LogP contribution in [-0.4, -0.2) is 15.2 Å². The van der Waals surface area contributed by atoms with E-state index in [1.165, 1.54) is 0 Å². The van der Waals surface area contributed by atoms with Crippen molar-refractivity contribution in [3.8, 4) is 11.4 Å². The third kappa shape index (κ3) is 2.85. The standard InChI is InChI=1S/C7H7N3.C6H6/c1-2-6(8-4-1)7-3-5-9-10-7;1-2-4-6-5-3-1/h1-5,8H,(H,9,10);1-6H. The van der Waals surface area contributed by atoms with Crippen LogP contribution in [0.25, 0.3) is 11.4 Å². The van der Waals surface area contributed by atoms with Gasteiger partial charge in [-0.25, -0.2) is 0 Å². The van der Waals surface area contributed by atoms with Crippen molar-refractivity contribution in [2.24, 2.45) is 0 Å². The summed E-state index contributed by atoms with van der Waals surface area (Å²) in [6.07, 6.45) is 3.68. The predicted octanol–water partition coefficient (Wildman–Crippen LogP) is 3.09. The minimum Gasteiger partial charge on any atom is -0.360 e. The van der Waals surface area contributed by atoms with Crippen LogP contribution < -0.4 is 0 Å². The van der Waals surface area contributed by atoms with Crippen molar-refractivity contribution in [2.75, 3.05) is 0 Å². The molecule has 1 aromatic carbocycles. The fraction of sp³-hybridized carbons (Fsp3) is 0. The highest BCUT2D eigenvalue weighted by atomic mass is 15.1. The Morgan fingerprint density at radius 1 is 0.750 bits per heavy atom. The Bertz CT molecular complexity index is 410. The molecule has 3 aromatic rings. The molecule has 0 spiro atoms. The number of hydrogen-bond acceptors (Lipinski definition) is 1. The number of aromatic amines is 2. The smallest absolute Gasteiger partial charge is 0.108 e. The van der Waals surface area contributed by atoms with Crippen molar-refractivity contribution in [1.29, 1.82) is 0 Å². The third-order valence-corrected chi connectivity index (χ3v) is 2.04. The number of benzene rings is 1. The van der Waals surface area contributed by atoms with Crippen LogP contribution in [0.4, 0.5) is 0 Å². The first kappa shape index (κ1) is 10.2. The van der Waals surface area contributed by atoms with Crippen LogP contribution in [0.15, 0.2) is 67.0 Å². The van der Waals surface area contributed by atoms with Gasteiger partial charge in [-0.2, -0.15) is 5.10 Å². The first-order valence-corrected chi connectivity index (χ1v) is 5.10. The van der Waals surface area contributed by atoms with Gasteiger partial charge in [-0.05, 0) is 18.2 Å². The third-order valence-electron chi connectivity index (χ3n) is 2.04. The normalized spacial score (nSPS) is 9.25. The maximum absolute atomic E-state index is 4.00. The molecule has 0 aliphatic rings. The highest BCUT2D eigenvalue weighted by molar-refractivity contribution is 5.52. The average Bonchev–Trinajstić information content (AvgIpc) is 3.05. The Morgan fingerprint density at radius 3 is 1.88 bits per heavy atom. The average molecular weight is 211 g/mol. The monoisotopic (exact) mass is 211 g/mol. The molecule has 0 unspecified atom stereocenters. The topological polar surface area (TPSA) is 44.5 Å². The summed E-state index contributed by atoms with van der Waals surface area (Å²) in [5.41, 5.74) is 1.99. The van der Waals surface area contributed by atoms with Gasteiger partial charge in [0.05, 0.1) is 5.69 Å². The second kappa shape index (κ2) is 5.56. The Morgan fingerprint density at radius 2 is 1.44 bits per heavy atom. The van der Waals surface area contributed by atoms with Crippen LogP contribution in [0, 0.1) is 0 Å². The first-order chi connectivity index (χ1) is 7.97. The van der Waals surface area contributed by atoms with Gasteiger partial charge in [0.2, 0.25) is 0 Å².